The minimum Gasteiger partial charge on any atom is -0.440 e. The van der Waals surface area contributed by atoms with Crippen molar-refractivity contribution in [1.29, 1.82) is 0 Å². The van der Waals surface area contributed by atoms with E-state index in [4.69, 9.17) is 0 Å². The molecule has 0 unspecified atom stereocenters. The number of ether oxygens (including phenoxy) is 1. The first-order valence-corrected chi connectivity index (χ1v) is 7.45. The van der Waals surface area contributed by atoms with Crippen LogP contribution >= 0.6 is 0 Å². The van der Waals surface area contributed by atoms with E-state index in [1.54, 1.807) is 0 Å². The molecule has 1 fully saturated rings. The van der Waals surface area contributed by atoms with Gasteiger partial charge in [-0.2, -0.15) is 13.2 Å². The minimum absolute atomic E-state index is 0.0753. The van der Waals surface area contributed by atoms with Gasteiger partial charge in [-0.15, -0.1) is 0 Å². The number of hydrogen-bond donors (Lipinski definition) is 0. The van der Waals surface area contributed by atoms with Gasteiger partial charge >= 0.3 is 12.3 Å². The molecule has 1 aliphatic heterocycles. The number of rotatable bonds is 4. The summed E-state index contributed by atoms with van der Waals surface area (Å²) in [4.78, 5) is 15.4. The van der Waals surface area contributed by atoms with Crippen LogP contribution in [0, 0.1) is 0 Å². The second-order valence-electron chi connectivity index (χ2n) is 5.70. The third-order valence-corrected chi connectivity index (χ3v) is 4.40. The third kappa shape index (κ3) is 5.37. The van der Waals surface area contributed by atoms with Crippen LogP contribution in [-0.4, -0.2) is 60.4 Å². The molecule has 7 heteroatoms. The summed E-state index contributed by atoms with van der Waals surface area (Å²) < 4.78 is 40.5. The Balaban J connectivity index is 2.54. The lowest BCUT2D eigenvalue weighted by Gasteiger charge is -2.39. The van der Waals surface area contributed by atoms with Crippen LogP contribution in [0.3, 0.4) is 0 Å². The Hall–Kier alpha value is -0.980. The van der Waals surface area contributed by atoms with Crippen molar-refractivity contribution < 1.29 is 22.7 Å². The van der Waals surface area contributed by atoms with Gasteiger partial charge in [0.2, 0.25) is 0 Å². The van der Waals surface area contributed by atoms with Crippen LogP contribution in [0.5, 0.6) is 0 Å². The van der Waals surface area contributed by atoms with Crippen LogP contribution in [0.25, 0.3) is 0 Å². The molecule has 0 aromatic carbocycles. The Morgan fingerprint density at radius 2 is 1.71 bits per heavy atom. The molecule has 124 valence electrons. The van der Waals surface area contributed by atoms with Gasteiger partial charge in [0.1, 0.15) is 0 Å². The number of nitrogens with zero attached hydrogens (tertiary/aromatic N) is 2. The molecule has 0 aromatic heterocycles. The number of hydrogen-bond acceptors (Lipinski definition) is 3. The van der Waals surface area contributed by atoms with Crippen molar-refractivity contribution in [2.24, 2.45) is 0 Å². The van der Waals surface area contributed by atoms with E-state index >= 15 is 0 Å². The fraction of sp³-hybridized carbons (Fsp3) is 0.929. The molecule has 0 spiro atoms. The molecule has 0 atom stereocenters. The van der Waals surface area contributed by atoms with Crippen molar-refractivity contribution >= 4 is 6.09 Å². The average Bonchev–Trinajstić information content (AvgIpc) is 2.69. The highest BCUT2D eigenvalue weighted by Gasteiger charge is 2.33. The number of halogens is 3. The SMILES string of the molecule is CCC(C)(CC)N1CCCN(C(=O)OCC(F)(F)F)CC1. The van der Waals surface area contributed by atoms with E-state index in [1.807, 2.05) is 0 Å². The zero-order valence-corrected chi connectivity index (χ0v) is 13.0. The Morgan fingerprint density at radius 3 is 2.24 bits per heavy atom. The van der Waals surface area contributed by atoms with Crippen LogP contribution in [0.1, 0.15) is 40.0 Å². The maximum Gasteiger partial charge on any atom is 0.422 e. The summed E-state index contributed by atoms with van der Waals surface area (Å²) in [7, 11) is 0. The van der Waals surface area contributed by atoms with E-state index in [9.17, 15) is 18.0 Å². The second-order valence-corrected chi connectivity index (χ2v) is 5.70. The molecule has 1 saturated heterocycles. The highest BCUT2D eigenvalue weighted by atomic mass is 19.4. The third-order valence-electron chi connectivity index (χ3n) is 4.40. The van der Waals surface area contributed by atoms with Crippen molar-refractivity contribution in [1.82, 2.24) is 9.80 Å². The number of alkyl halides is 3. The normalized spacial score (nSPS) is 18.5. The summed E-state index contributed by atoms with van der Waals surface area (Å²) >= 11 is 0. The first-order chi connectivity index (χ1) is 9.72. The predicted octanol–water partition coefficient (Wildman–Crippen LogP) is 3.27. The molecule has 21 heavy (non-hydrogen) atoms. The van der Waals surface area contributed by atoms with Crippen molar-refractivity contribution in [3.63, 3.8) is 0 Å². The van der Waals surface area contributed by atoms with Gasteiger partial charge in [0, 0.05) is 31.7 Å². The molecule has 0 aromatic rings. The molecule has 1 rings (SSSR count). The number of carbonyl (C=O) groups is 1. The Kier molecular flexibility index (Phi) is 6.31. The zero-order valence-electron chi connectivity index (χ0n) is 13.0. The Morgan fingerprint density at radius 1 is 1.10 bits per heavy atom. The molecule has 0 saturated carbocycles. The van der Waals surface area contributed by atoms with E-state index in [2.05, 4.69) is 30.4 Å². The van der Waals surface area contributed by atoms with Gasteiger partial charge in [0.25, 0.3) is 0 Å². The summed E-state index contributed by atoms with van der Waals surface area (Å²) in [6.45, 7) is 7.29. The summed E-state index contributed by atoms with van der Waals surface area (Å²) in [6.07, 6.45) is -2.60. The van der Waals surface area contributed by atoms with Crippen molar-refractivity contribution in [2.45, 2.75) is 51.7 Å². The van der Waals surface area contributed by atoms with E-state index in [1.165, 1.54) is 4.90 Å². The summed E-state index contributed by atoms with van der Waals surface area (Å²) in [5.41, 5.74) is 0.0753. The zero-order chi connectivity index (χ0) is 16.1. The molecule has 0 N–H and O–H groups in total. The van der Waals surface area contributed by atoms with Gasteiger partial charge in [-0.3, -0.25) is 4.90 Å². The van der Waals surface area contributed by atoms with Gasteiger partial charge in [0.05, 0.1) is 0 Å². The molecular weight excluding hydrogens is 285 g/mol. The molecule has 1 heterocycles. The molecule has 1 aliphatic rings. The van der Waals surface area contributed by atoms with Gasteiger partial charge in [-0.05, 0) is 26.2 Å². The smallest absolute Gasteiger partial charge is 0.422 e. The molecule has 0 radical (unpaired) electrons. The van der Waals surface area contributed by atoms with Crippen molar-refractivity contribution in [2.75, 3.05) is 32.8 Å². The standard InChI is InChI=1S/C14H25F3N2O2/c1-4-13(3,5-2)19-8-6-7-18(9-10-19)12(20)21-11-14(15,16)17/h4-11H2,1-3H3. The van der Waals surface area contributed by atoms with Gasteiger partial charge < -0.3 is 9.64 Å². The van der Waals surface area contributed by atoms with Crippen LogP contribution in [0.15, 0.2) is 0 Å². The van der Waals surface area contributed by atoms with Crippen LogP contribution in [0.2, 0.25) is 0 Å². The maximum atomic E-state index is 12.1. The topological polar surface area (TPSA) is 32.8 Å². The van der Waals surface area contributed by atoms with E-state index < -0.39 is 18.9 Å². The van der Waals surface area contributed by atoms with Gasteiger partial charge in [-0.1, -0.05) is 13.8 Å². The van der Waals surface area contributed by atoms with Crippen molar-refractivity contribution in [3.05, 3.63) is 0 Å². The lowest BCUT2D eigenvalue weighted by atomic mass is 9.93. The van der Waals surface area contributed by atoms with Gasteiger partial charge in [0.15, 0.2) is 6.61 Å². The van der Waals surface area contributed by atoms with Crippen molar-refractivity contribution in [3.8, 4) is 0 Å². The quantitative estimate of drug-likeness (QED) is 0.799. The highest BCUT2D eigenvalue weighted by Crippen LogP contribution is 2.25. The Labute approximate surface area is 124 Å². The van der Waals surface area contributed by atoms with Crippen LogP contribution < -0.4 is 0 Å². The van der Waals surface area contributed by atoms with Gasteiger partial charge in [-0.25, -0.2) is 4.79 Å². The number of amides is 1. The molecule has 1 amide bonds. The number of carbonyl (C=O) groups excluding carboxylic acids is 1. The molecule has 0 aliphatic carbocycles. The molecular formula is C14H25F3N2O2. The fourth-order valence-electron chi connectivity index (χ4n) is 2.57. The fourth-order valence-corrected chi connectivity index (χ4v) is 2.57. The lowest BCUT2D eigenvalue weighted by Crippen LogP contribution is -2.47. The first kappa shape index (κ1) is 18.1. The predicted molar refractivity (Wildman–Crippen MR) is 74.2 cm³/mol. The molecule has 0 bridgehead atoms. The van der Waals surface area contributed by atoms with Crippen LogP contribution in [-0.2, 0) is 4.74 Å². The van der Waals surface area contributed by atoms with Crippen LogP contribution in [0.4, 0.5) is 18.0 Å². The monoisotopic (exact) mass is 310 g/mol. The van der Waals surface area contributed by atoms with E-state index in [0.29, 0.717) is 19.6 Å². The summed E-state index contributed by atoms with van der Waals surface area (Å²) in [6, 6.07) is 0. The minimum atomic E-state index is -4.48. The van der Waals surface area contributed by atoms with E-state index in [0.717, 1.165) is 25.8 Å². The molecule has 4 nitrogen and oxygen atoms in total. The first-order valence-electron chi connectivity index (χ1n) is 7.45. The Bertz CT molecular complexity index is 344. The lowest BCUT2D eigenvalue weighted by molar-refractivity contribution is -0.162. The summed E-state index contributed by atoms with van der Waals surface area (Å²) in [5.74, 6) is 0. The second kappa shape index (κ2) is 7.33. The summed E-state index contributed by atoms with van der Waals surface area (Å²) in [5, 5.41) is 0. The largest absolute Gasteiger partial charge is 0.440 e. The maximum absolute atomic E-state index is 12.1. The average molecular weight is 310 g/mol. The van der Waals surface area contributed by atoms with E-state index in [-0.39, 0.29) is 5.54 Å². The highest BCUT2D eigenvalue weighted by molar-refractivity contribution is 5.67.